The number of imide groups is 1. The number of nitrogens with one attached hydrogen (secondary N) is 2. The highest BCUT2D eigenvalue weighted by atomic mass is 35.5. The average Bonchev–Trinajstić information content (AvgIpc) is 3.06. The van der Waals surface area contributed by atoms with E-state index in [1.807, 2.05) is 0 Å². The molecular formula is C25H23ClN3O5-. The molecule has 176 valence electrons. The van der Waals surface area contributed by atoms with Gasteiger partial charge >= 0.3 is 0 Å². The van der Waals surface area contributed by atoms with E-state index in [1.54, 1.807) is 24.3 Å². The molecule has 0 atom stereocenters. The molecule has 4 rings (SSSR count). The molecule has 2 N–H and O–H groups in total. The topological polar surface area (TPSA) is 119 Å². The maximum Gasteiger partial charge on any atom is 0.278 e. The smallest absolute Gasteiger partial charge is 0.278 e. The van der Waals surface area contributed by atoms with E-state index < -0.39 is 11.9 Å². The van der Waals surface area contributed by atoms with Crippen molar-refractivity contribution in [1.29, 1.82) is 0 Å². The van der Waals surface area contributed by atoms with Crippen LogP contribution in [0.5, 0.6) is 0 Å². The molecule has 2 aromatic rings. The van der Waals surface area contributed by atoms with Crippen LogP contribution in [0.15, 0.2) is 59.3 Å². The van der Waals surface area contributed by atoms with E-state index >= 15 is 0 Å². The molecule has 9 heteroatoms. The zero-order valence-electron chi connectivity index (χ0n) is 18.3. The van der Waals surface area contributed by atoms with Gasteiger partial charge in [-0.25, -0.2) is 0 Å². The van der Waals surface area contributed by atoms with Crippen molar-refractivity contribution in [3.63, 3.8) is 0 Å². The first-order valence-corrected chi connectivity index (χ1v) is 11.5. The van der Waals surface area contributed by atoms with Crippen LogP contribution < -0.4 is 15.7 Å². The van der Waals surface area contributed by atoms with Crippen LogP contribution >= 0.6 is 11.6 Å². The molecule has 2 aromatic carbocycles. The van der Waals surface area contributed by atoms with Crippen LogP contribution in [0.25, 0.3) is 0 Å². The second kappa shape index (κ2) is 10.1. The lowest BCUT2D eigenvalue weighted by Gasteiger charge is -2.29. The fourth-order valence-corrected chi connectivity index (χ4v) is 4.44. The van der Waals surface area contributed by atoms with E-state index in [0.717, 1.165) is 37.7 Å². The first kappa shape index (κ1) is 23.5. The highest BCUT2D eigenvalue weighted by Gasteiger charge is 2.41. The number of amides is 3. The van der Waals surface area contributed by atoms with E-state index in [4.69, 9.17) is 11.6 Å². The quantitative estimate of drug-likeness (QED) is 0.588. The number of hydrogen-bond donors (Lipinski definition) is 2. The van der Waals surface area contributed by atoms with Gasteiger partial charge in [0.15, 0.2) is 0 Å². The SMILES string of the molecule is O=C([O-])c1ccc(NC(=O)c2ccc(CNC3=C(Cl)C(=O)N(C4CCCCC4)C3=O)cc2)cc1. The normalized spacial score (nSPS) is 16.7. The first-order valence-electron chi connectivity index (χ1n) is 11.1. The number of nitrogens with zero attached hydrogens (tertiary/aromatic N) is 1. The molecule has 0 bridgehead atoms. The maximum atomic E-state index is 12.8. The van der Waals surface area contributed by atoms with Gasteiger partial charge in [0.25, 0.3) is 17.7 Å². The molecular weight excluding hydrogens is 458 g/mol. The Bertz CT molecular complexity index is 1150. The van der Waals surface area contributed by atoms with Crippen molar-refractivity contribution >= 4 is 41.0 Å². The molecule has 1 aliphatic carbocycles. The van der Waals surface area contributed by atoms with Gasteiger partial charge < -0.3 is 20.5 Å². The number of benzene rings is 2. The summed E-state index contributed by atoms with van der Waals surface area (Å²) in [5.41, 5.74) is 1.78. The highest BCUT2D eigenvalue weighted by molar-refractivity contribution is 6.47. The molecule has 1 heterocycles. The van der Waals surface area contributed by atoms with Crippen LogP contribution in [0.3, 0.4) is 0 Å². The summed E-state index contributed by atoms with van der Waals surface area (Å²) in [4.78, 5) is 49.9. The number of carboxylic acid groups (broad SMARTS) is 1. The lowest BCUT2D eigenvalue weighted by atomic mass is 9.94. The minimum atomic E-state index is -1.29. The van der Waals surface area contributed by atoms with Crippen molar-refractivity contribution in [3.05, 3.63) is 76.0 Å². The lowest BCUT2D eigenvalue weighted by molar-refractivity contribution is -0.255. The Labute approximate surface area is 201 Å². The molecule has 34 heavy (non-hydrogen) atoms. The summed E-state index contributed by atoms with van der Waals surface area (Å²) < 4.78 is 0. The van der Waals surface area contributed by atoms with Crippen LogP contribution in [0.1, 0.15) is 58.4 Å². The zero-order valence-corrected chi connectivity index (χ0v) is 19.1. The molecule has 0 spiro atoms. The number of carbonyl (C=O) groups excluding carboxylic acids is 4. The van der Waals surface area contributed by atoms with Gasteiger partial charge in [0.2, 0.25) is 0 Å². The van der Waals surface area contributed by atoms with Crippen LogP contribution in [0, 0.1) is 0 Å². The van der Waals surface area contributed by atoms with Gasteiger partial charge in [-0.15, -0.1) is 0 Å². The van der Waals surface area contributed by atoms with Crippen LogP contribution in [-0.2, 0) is 16.1 Å². The Morgan fingerprint density at radius 3 is 2.15 bits per heavy atom. The van der Waals surface area contributed by atoms with Crippen LogP contribution in [0.2, 0.25) is 0 Å². The van der Waals surface area contributed by atoms with Gasteiger partial charge in [-0.1, -0.05) is 55.1 Å². The summed E-state index contributed by atoms with van der Waals surface area (Å²) in [6.07, 6.45) is 4.71. The zero-order chi connectivity index (χ0) is 24.2. The molecule has 0 aromatic heterocycles. The number of hydrogen-bond acceptors (Lipinski definition) is 6. The summed E-state index contributed by atoms with van der Waals surface area (Å²) >= 11 is 6.19. The standard InChI is InChI=1S/C25H24ClN3O5/c26-20-21(24(32)29(23(20)31)19-4-2-1-3-5-19)27-14-15-6-8-16(9-7-15)22(30)28-18-12-10-17(11-13-18)25(33)34/h6-13,19,27H,1-5,14H2,(H,28,30)(H,33,34)/p-1. The molecule has 1 aliphatic heterocycles. The molecule has 8 nitrogen and oxygen atoms in total. The Kier molecular flexibility index (Phi) is 6.98. The van der Waals surface area contributed by atoms with E-state index in [0.29, 0.717) is 11.3 Å². The Morgan fingerprint density at radius 1 is 0.912 bits per heavy atom. The van der Waals surface area contributed by atoms with E-state index in [2.05, 4.69) is 10.6 Å². The summed E-state index contributed by atoms with van der Waals surface area (Å²) in [5.74, 6) is -2.47. The third-order valence-electron chi connectivity index (χ3n) is 6.06. The predicted octanol–water partition coefficient (Wildman–Crippen LogP) is 2.54. The number of carboxylic acids is 1. The van der Waals surface area contributed by atoms with Gasteiger partial charge in [0.05, 0.1) is 5.97 Å². The predicted molar refractivity (Wildman–Crippen MR) is 124 cm³/mol. The van der Waals surface area contributed by atoms with E-state index in [1.165, 1.54) is 29.2 Å². The lowest BCUT2D eigenvalue weighted by Crippen LogP contribution is -2.43. The fraction of sp³-hybridized carbons (Fsp3) is 0.280. The van der Waals surface area contributed by atoms with Crippen molar-refractivity contribution in [2.75, 3.05) is 5.32 Å². The molecule has 0 unspecified atom stereocenters. The minimum absolute atomic E-state index is 0.0226. The van der Waals surface area contributed by atoms with Crippen molar-refractivity contribution in [2.24, 2.45) is 0 Å². The van der Waals surface area contributed by atoms with Crippen LogP contribution in [-0.4, -0.2) is 34.6 Å². The number of halogens is 1. The van der Waals surface area contributed by atoms with Crippen molar-refractivity contribution < 1.29 is 24.3 Å². The summed E-state index contributed by atoms with van der Waals surface area (Å²) in [6.45, 7) is 0.260. The number of rotatable bonds is 7. The molecule has 2 aliphatic rings. The molecule has 0 saturated heterocycles. The number of aromatic carboxylic acids is 1. The highest BCUT2D eigenvalue weighted by Crippen LogP contribution is 2.30. The number of anilines is 1. The third kappa shape index (κ3) is 4.97. The average molecular weight is 481 g/mol. The van der Waals surface area contributed by atoms with Gasteiger partial charge in [-0.05, 0) is 48.2 Å². The van der Waals surface area contributed by atoms with Crippen molar-refractivity contribution in [2.45, 2.75) is 44.7 Å². The summed E-state index contributed by atoms with van der Waals surface area (Å²) in [6, 6.07) is 12.3. The second-order valence-corrected chi connectivity index (χ2v) is 8.71. The maximum absolute atomic E-state index is 12.8. The van der Waals surface area contributed by atoms with E-state index in [9.17, 15) is 24.3 Å². The fourth-order valence-electron chi connectivity index (χ4n) is 4.20. The second-order valence-electron chi connectivity index (χ2n) is 8.33. The van der Waals surface area contributed by atoms with Gasteiger partial charge in [-0.2, -0.15) is 0 Å². The Balaban J connectivity index is 1.35. The van der Waals surface area contributed by atoms with Gasteiger partial charge in [0.1, 0.15) is 10.7 Å². The summed E-state index contributed by atoms with van der Waals surface area (Å²) in [7, 11) is 0. The van der Waals surface area contributed by atoms with E-state index in [-0.39, 0.29) is 40.7 Å². The Hall–Kier alpha value is -3.65. The van der Waals surface area contributed by atoms with Crippen molar-refractivity contribution in [3.8, 4) is 0 Å². The molecule has 1 saturated carbocycles. The first-order chi connectivity index (χ1) is 16.3. The molecule has 3 amide bonds. The Morgan fingerprint density at radius 2 is 1.53 bits per heavy atom. The van der Waals surface area contributed by atoms with Crippen LogP contribution in [0.4, 0.5) is 5.69 Å². The van der Waals surface area contributed by atoms with Gasteiger partial charge in [0, 0.05) is 23.8 Å². The number of carbonyl (C=O) groups is 4. The van der Waals surface area contributed by atoms with Crippen molar-refractivity contribution in [1.82, 2.24) is 10.2 Å². The molecule has 1 fully saturated rings. The molecule has 0 radical (unpaired) electrons. The summed E-state index contributed by atoms with van der Waals surface area (Å²) in [5, 5.41) is 16.4. The monoisotopic (exact) mass is 480 g/mol. The minimum Gasteiger partial charge on any atom is -0.545 e. The van der Waals surface area contributed by atoms with Gasteiger partial charge in [-0.3, -0.25) is 19.3 Å². The largest absolute Gasteiger partial charge is 0.545 e. The third-order valence-corrected chi connectivity index (χ3v) is 6.41.